The van der Waals surface area contributed by atoms with Crippen molar-refractivity contribution in [3.05, 3.63) is 42.1 Å². The van der Waals surface area contributed by atoms with Crippen LogP contribution >= 0.6 is 11.8 Å². The van der Waals surface area contributed by atoms with Crippen LogP contribution in [-0.2, 0) is 16.0 Å². The number of benzene rings is 1. The molecule has 3 aliphatic heterocycles. The summed E-state index contributed by atoms with van der Waals surface area (Å²) in [6, 6.07) is 9.36. The summed E-state index contributed by atoms with van der Waals surface area (Å²) in [7, 11) is 1.60. The van der Waals surface area contributed by atoms with Crippen molar-refractivity contribution in [2.45, 2.75) is 29.9 Å². The fourth-order valence-electron chi connectivity index (χ4n) is 4.71. The van der Waals surface area contributed by atoms with E-state index < -0.39 is 0 Å². The highest BCUT2D eigenvalue weighted by Crippen LogP contribution is 2.36. The molecule has 2 atom stereocenters. The van der Waals surface area contributed by atoms with E-state index in [2.05, 4.69) is 20.6 Å². The van der Waals surface area contributed by atoms with E-state index in [1.165, 1.54) is 11.8 Å². The number of thioether (sulfide) groups is 1. The van der Waals surface area contributed by atoms with Crippen molar-refractivity contribution >= 4 is 46.2 Å². The summed E-state index contributed by atoms with van der Waals surface area (Å²) in [5.74, 6) is 1.69. The predicted octanol–water partition coefficient (Wildman–Crippen LogP) is 2.99. The van der Waals surface area contributed by atoms with Gasteiger partial charge in [-0.15, -0.1) is 11.8 Å². The highest BCUT2D eigenvalue weighted by molar-refractivity contribution is 8.00. The van der Waals surface area contributed by atoms with E-state index in [0.29, 0.717) is 37.7 Å². The standard InChI is InChI=1S/C25H25N5O5S/c1-33-23-5-3-18-24(29-23)17-9-16(34-20(17)11-27-18)10-26-7-6-15-12-30(25(32)35-15)14-2-4-21-19(8-14)28-22(31)13-36-21/h2-5,8,11,15-16,26H,6-7,9-10,12-13H2,1H3,(H,28,31). The van der Waals surface area contributed by atoms with Gasteiger partial charge in [-0.05, 0) is 37.2 Å². The summed E-state index contributed by atoms with van der Waals surface area (Å²) in [5, 5.41) is 6.29. The Labute approximate surface area is 211 Å². The van der Waals surface area contributed by atoms with E-state index in [4.69, 9.17) is 14.2 Å². The van der Waals surface area contributed by atoms with E-state index >= 15 is 0 Å². The summed E-state index contributed by atoms with van der Waals surface area (Å²) in [5.41, 5.74) is 4.14. The van der Waals surface area contributed by atoms with Gasteiger partial charge in [0.05, 0.1) is 42.3 Å². The Morgan fingerprint density at radius 1 is 1.22 bits per heavy atom. The molecular formula is C25H25N5O5S. The maximum atomic E-state index is 12.5. The number of aromatic nitrogens is 2. The molecule has 0 radical (unpaired) electrons. The molecule has 1 saturated heterocycles. The minimum atomic E-state index is -0.369. The monoisotopic (exact) mass is 507 g/mol. The third-order valence-corrected chi connectivity index (χ3v) is 7.56. The van der Waals surface area contributed by atoms with Gasteiger partial charge < -0.3 is 24.8 Å². The highest BCUT2D eigenvalue weighted by Gasteiger charge is 2.33. The van der Waals surface area contributed by atoms with Crippen LogP contribution in [0.1, 0.15) is 12.0 Å². The lowest BCUT2D eigenvalue weighted by Crippen LogP contribution is -2.32. The van der Waals surface area contributed by atoms with Gasteiger partial charge in [0, 0.05) is 35.2 Å². The highest BCUT2D eigenvalue weighted by atomic mass is 32.2. The van der Waals surface area contributed by atoms with Gasteiger partial charge in [0.2, 0.25) is 11.8 Å². The summed E-state index contributed by atoms with van der Waals surface area (Å²) in [4.78, 5) is 35.8. The Morgan fingerprint density at radius 2 is 2.14 bits per heavy atom. The van der Waals surface area contributed by atoms with Gasteiger partial charge in [0.25, 0.3) is 0 Å². The molecule has 1 fully saturated rings. The lowest BCUT2D eigenvalue weighted by molar-refractivity contribution is -0.113. The quantitative estimate of drug-likeness (QED) is 0.466. The zero-order valence-electron chi connectivity index (χ0n) is 19.7. The molecule has 1 aromatic carbocycles. The van der Waals surface area contributed by atoms with E-state index in [0.717, 1.165) is 45.0 Å². The number of methoxy groups -OCH3 is 1. The SMILES string of the molecule is COc1ccc2ncc3c(c2n1)CC(CNCCC1CN(c2ccc4c(c2)NC(=O)CS4)C(=O)O1)O3. The molecule has 0 saturated carbocycles. The molecule has 3 aromatic rings. The van der Waals surface area contributed by atoms with Crippen molar-refractivity contribution in [2.75, 3.05) is 42.7 Å². The van der Waals surface area contributed by atoms with Crippen LogP contribution in [-0.4, -0.2) is 66.7 Å². The van der Waals surface area contributed by atoms with Gasteiger partial charge in [-0.3, -0.25) is 14.7 Å². The second-order valence-corrected chi connectivity index (χ2v) is 9.91. The van der Waals surface area contributed by atoms with Crippen molar-refractivity contribution < 1.29 is 23.8 Å². The number of nitrogens with one attached hydrogen (secondary N) is 2. The van der Waals surface area contributed by atoms with Crippen molar-refractivity contribution in [1.29, 1.82) is 0 Å². The largest absolute Gasteiger partial charge is 0.487 e. The summed E-state index contributed by atoms with van der Waals surface area (Å²) < 4.78 is 16.9. The third kappa shape index (κ3) is 4.40. The molecule has 2 N–H and O–H groups in total. The van der Waals surface area contributed by atoms with Gasteiger partial charge in [0.1, 0.15) is 18.0 Å². The summed E-state index contributed by atoms with van der Waals surface area (Å²) >= 11 is 1.49. The Balaban J connectivity index is 1.01. The van der Waals surface area contributed by atoms with Gasteiger partial charge in [-0.1, -0.05) is 0 Å². The van der Waals surface area contributed by atoms with Gasteiger partial charge in [-0.25, -0.2) is 9.78 Å². The van der Waals surface area contributed by atoms with Gasteiger partial charge in [0.15, 0.2) is 0 Å². The fourth-order valence-corrected chi connectivity index (χ4v) is 5.49. The number of carbonyl (C=O) groups excluding carboxylic acids is 2. The molecule has 5 heterocycles. The molecular weight excluding hydrogens is 482 g/mol. The first-order chi connectivity index (χ1) is 17.6. The molecule has 10 nitrogen and oxygen atoms in total. The van der Waals surface area contributed by atoms with Crippen LogP contribution in [0.3, 0.4) is 0 Å². The lowest BCUT2D eigenvalue weighted by atomic mass is 10.1. The second kappa shape index (κ2) is 9.47. The first kappa shape index (κ1) is 22.9. The lowest BCUT2D eigenvalue weighted by Gasteiger charge is -2.20. The maximum Gasteiger partial charge on any atom is 0.414 e. The van der Waals surface area contributed by atoms with E-state index in [9.17, 15) is 9.59 Å². The number of hydrogen-bond acceptors (Lipinski definition) is 9. The zero-order valence-corrected chi connectivity index (χ0v) is 20.5. The Kier molecular flexibility index (Phi) is 6.02. The second-order valence-electron chi connectivity index (χ2n) is 8.89. The summed E-state index contributed by atoms with van der Waals surface area (Å²) in [6.45, 7) is 1.81. The molecule has 11 heteroatoms. The molecule has 186 valence electrons. The van der Waals surface area contributed by atoms with E-state index in [1.807, 2.05) is 24.3 Å². The molecule has 2 aromatic heterocycles. The third-order valence-electron chi connectivity index (χ3n) is 6.48. The molecule has 3 aliphatic rings. The molecule has 0 spiro atoms. The molecule has 2 amide bonds. The number of cyclic esters (lactones) is 1. The Hall–Kier alpha value is -3.57. The minimum Gasteiger partial charge on any atom is -0.487 e. The van der Waals surface area contributed by atoms with Crippen molar-refractivity contribution in [3.63, 3.8) is 0 Å². The van der Waals surface area contributed by atoms with Crippen molar-refractivity contribution in [3.8, 4) is 11.6 Å². The number of nitrogens with zero attached hydrogens (tertiary/aromatic N) is 3. The average Bonchev–Trinajstić information content (AvgIpc) is 3.48. The van der Waals surface area contributed by atoms with Crippen LogP contribution in [0.2, 0.25) is 0 Å². The number of anilines is 2. The molecule has 36 heavy (non-hydrogen) atoms. The molecule has 0 bridgehead atoms. The topological polar surface area (TPSA) is 115 Å². The number of hydrogen-bond donors (Lipinski definition) is 2. The van der Waals surface area contributed by atoms with Gasteiger partial charge >= 0.3 is 6.09 Å². The molecule has 2 unspecified atom stereocenters. The van der Waals surface area contributed by atoms with E-state index in [-0.39, 0.29) is 24.2 Å². The number of carbonyl (C=O) groups is 2. The Bertz CT molecular complexity index is 1350. The number of pyridine rings is 2. The maximum absolute atomic E-state index is 12.5. The van der Waals surface area contributed by atoms with Crippen molar-refractivity contribution in [2.24, 2.45) is 0 Å². The predicted molar refractivity (Wildman–Crippen MR) is 135 cm³/mol. The van der Waals surface area contributed by atoms with Crippen molar-refractivity contribution in [1.82, 2.24) is 15.3 Å². The normalized spacial score (nSPS) is 20.5. The van der Waals surface area contributed by atoms with Crippen LogP contribution in [0, 0.1) is 0 Å². The van der Waals surface area contributed by atoms with Crippen LogP contribution in [0.5, 0.6) is 11.6 Å². The zero-order chi connectivity index (χ0) is 24.6. The van der Waals surface area contributed by atoms with Crippen LogP contribution in [0.4, 0.5) is 16.2 Å². The smallest absolute Gasteiger partial charge is 0.414 e. The van der Waals surface area contributed by atoms with E-state index in [1.54, 1.807) is 24.3 Å². The molecule has 6 rings (SSSR count). The van der Waals surface area contributed by atoms with Gasteiger partial charge in [-0.2, -0.15) is 0 Å². The fraction of sp³-hybridized carbons (Fsp3) is 0.360. The minimum absolute atomic E-state index is 0.0217. The van der Waals surface area contributed by atoms with Crippen LogP contribution in [0.15, 0.2) is 41.4 Å². The molecule has 0 aliphatic carbocycles. The first-order valence-electron chi connectivity index (χ1n) is 11.8. The van der Waals surface area contributed by atoms with Crippen LogP contribution < -0.4 is 25.0 Å². The number of amides is 2. The first-order valence-corrected chi connectivity index (χ1v) is 12.8. The average molecular weight is 508 g/mol. The number of fused-ring (bicyclic) bond motifs is 4. The number of ether oxygens (including phenoxy) is 3. The number of rotatable bonds is 7. The Morgan fingerprint density at radius 3 is 3.03 bits per heavy atom. The summed E-state index contributed by atoms with van der Waals surface area (Å²) in [6.07, 6.45) is 2.57. The van der Waals surface area contributed by atoms with Crippen LogP contribution in [0.25, 0.3) is 11.0 Å².